The van der Waals surface area contributed by atoms with Gasteiger partial charge in [-0.05, 0) is 48.1 Å². The molecule has 0 aliphatic carbocycles. The van der Waals surface area contributed by atoms with Crippen LogP contribution in [-0.4, -0.2) is 30.6 Å². The van der Waals surface area contributed by atoms with Crippen molar-refractivity contribution in [2.75, 3.05) is 18.6 Å². The molecule has 1 N–H and O–H groups in total. The van der Waals surface area contributed by atoms with Crippen LogP contribution in [0.3, 0.4) is 0 Å². The number of nitrogens with zero attached hydrogens (tertiary/aromatic N) is 1. The lowest BCUT2D eigenvalue weighted by Gasteiger charge is -2.29. The molecule has 10 heteroatoms. The molecular formula is C21H15Cl3N2O4S. The Morgan fingerprint density at radius 2 is 1.94 bits per heavy atom. The zero-order valence-corrected chi connectivity index (χ0v) is 19.2. The van der Waals surface area contributed by atoms with E-state index >= 15 is 0 Å². The summed E-state index contributed by atoms with van der Waals surface area (Å²) in [6.07, 6.45) is 2.94. The van der Waals surface area contributed by atoms with Gasteiger partial charge in [-0.1, -0.05) is 53.5 Å². The van der Waals surface area contributed by atoms with Crippen molar-refractivity contribution in [3.8, 4) is 11.5 Å². The molecule has 1 saturated heterocycles. The molecule has 2 aromatic carbocycles. The van der Waals surface area contributed by atoms with Crippen LogP contribution in [0.1, 0.15) is 5.56 Å². The van der Waals surface area contributed by atoms with Gasteiger partial charge in [0, 0.05) is 0 Å². The van der Waals surface area contributed by atoms with Crippen molar-refractivity contribution in [3.05, 3.63) is 69.2 Å². The first-order valence-electron chi connectivity index (χ1n) is 8.75. The summed E-state index contributed by atoms with van der Waals surface area (Å²) < 4.78 is 10.8. The van der Waals surface area contributed by atoms with E-state index in [0.29, 0.717) is 17.1 Å². The summed E-state index contributed by atoms with van der Waals surface area (Å²) in [5, 5.41) is 2.98. The van der Waals surface area contributed by atoms with Gasteiger partial charge in [-0.3, -0.25) is 19.8 Å². The topological polar surface area (TPSA) is 67.9 Å². The molecule has 0 atom stereocenters. The molecule has 0 radical (unpaired) electrons. The minimum absolute atomic E-state index is 0.111. The Bertz CT molecular complexity index is 1130. The average Bonchev–Trinajstić information content (AvgIpc) is 2.73. The van der Waals surface area contributed by atoms with E-state index in [1.165, 1.54) is 13.2 Å². The number of carbonyl (C=O) groups is 2. The smallest absolute Gasteiger partial charge is 0.270 e. The largest absolute Gasteiger partial charge is 0.493 e. The van der Waals surface area contributed by atoms with Crippen molar-refractivity contribution in [2.24, 2.45) is 0 Å². The molecule has 3 rings (SSSR count). The molecule has 0 aromatic heterocycles. The van der Waals surface area contributed by atoms with E-state index in [1.807, 2.05) is 0 Å². The second-order valence-electron chi connectivity index (χ2n) is 6.16. The molecule has 2 aromatic rings. The number of ether oxygens (including phenoxy) is 2. The Labute approximate surface area is 199 Å². The predicted octanol–water partition coefficient (Wildman–Crippen LogP) is 5.05. The van der Waals surface area contributed by atoms with Crippen LogP contribution in [0.5, 0.6) is 11.5 Å². The lowest BCUT2D eigenvalue weighted by atomic mass is 10.1. The maximum atomic E-state index is 13.2. The number of benzene rings is 2. The monoisotopic (exact) mass is 496 g/mol. The lowest BCUT2D eigenvalue weighted by molar-refractivity contribution is -0.122. The summed E-state index contributed by atoms with van der Waals surface area (Å²) in [5.41, 5.74) is 0.512. The zero-order chi connectivity index (χ0) is 22.7. The van der Waals surface area contributed by atoms with E-state index in [0.717, 1.165) is 4.90 Å². The van der Waals surface area contributed by atoms with Crippen molar-refractivity contribution < 1.29 is 19.1 Å². The van der Waals surface area contributed by atoms with Crippen LogP contribution in [0.4, 0.5) is 5.69 Å². The summed E-state index contributed by atoms with van der Waals surface area (Å²) in [6.45, 7) is 3.82. The standard InChI is InChI=1S/C21H15Cl3N2O4S/c1-3-7-30-18-14(23)9-11(10-16(18)29-2)8-12-19(27)25-21(31)26(20(12)28)15-6-4-5-13(22)17(15)24/h3-6,8-10H,1,7H2,2H3,(H,25,27,31)/b12-8-. The summed E-state index contributed by atoms with van der Waals surface area (Å²) in [5.74, 6) is -0.680. The second kappa shape index (κ2) is 9.70. The molecule has 160 valence electrons. The van der Waals surface area contributed by atoms with Crippen LogP contribution < -0.4 is 19.7 Å². The first-order chi connectivity index (χ1) is 14.8. The Morgan fingerprint density at radius 1 is 1.19 bits per heavy atom. The normalized spacial score (nSPS) is 15.2. The van der Waals surface area contributed by atoms with Crippen LogP contribution >= 0.6 is 47.0 Å². The highest BCUT2D eigenvalue weighted by atomic mass is 35.5. The molecule has 1 aliphatic rings. The van der Waals surface area contributed by atoms with Crippen LogP contribution in [-0.2, 0) is 9.59 Å². The van der Waals surface area contributed by atoms with Crippen molar-refractivity contribution in [1.82, 2.24) is 5.32 Å². The summed E-state index contributed by atoms with van der Waals surface area (Å²) >= 11 is 23.8. The van der Waals surface area contributed by atoms with E-state index in [1.54, 1.807) is 36.4 Å². The van der Waals surface area contributed by atoms with Crippen LogP contribution in [0.2, 0.25) is 15.1 Å². The minimum Gasteiger partial charge on any atom is -0.493 e. The molecule has 1 heterocycles. The number of hydrogen-bond acceptors (Lipinski definition) is 5. The number of nitrogens with one attached hydrogen (secondary N) is 1. The molecule has 0 saturated carbocycles. The third-order valence-corrected chi connectivity index (χ3v) is 5.56. The number of halogens is 3. The molecule has 6 nitrogen and oxygen atoms in total. The number of anilines is 1. The van der Waals surface area contributed by atoms with Gasteiger partial charge < -0.3 is 9.47 Å². The minimum atomic E-state index is -0.667. The van der Waals surface area contributed by atoms with Gasteiger partial charge in [0.1, 0.15) is 12.2 Å². The third-order valence-electron chi connectivity index (χ3n) is 4.18. The first-order valence-corrected chi connectivity index (χ1v) is 10.3. The van der Waals surface area contributed by atoms with Crippen LogP contribution in [0.15, 0.2) is 48.6 Å². The average molecular weight is 498 g/mol. The van der Waals surface area contributed by atoms with Crippen LogP contribution in [0, 0.1) is 0 Å². The summed E-state index contributed by atoms with van der Waals surface area (Å²) in [4.78, 5) is 26.8. The second-order valence-corrected chi connectivity index (χ2v) is 7.74. The maximum absolute atomic E-state index is 13.2. The van der Waals surface area contributed by atoms with Gasteiger partial charge in [-0.15, -0.1) is 0 Å². The highest BCUT2D eigenvalue weighted by Gasteiger charge is 2.35. The Hall–Kier alpha value is -2.58. The molecule has 0 unspecified atom stereocenters. The fourth-order valence-electron chi connectivity index (χ4n) is 2.81. The molecule has 2 amide bonds. The van der Waals surface area contributed by atoms with Gasteiger partial charge in [0.2, 0.25) is 0 Å². The fraction of sp³-hybridized carbons (Fsp3) is 0.0952. The van der Waals surface area contributed by atoms with Gasteiger partial charge in [-0.25, -0.2) is 0 Å². The van der Waals surface area contributed by atoms with E-state index in [9.17, 15) is 9.59 Å². The fourth-order valence-corrected chi connectivity index (χ4v) is 3.74. The number of amides is 2. The van der Waals surface area contributed by atoms with Gasteiger partial charge in [0.05, 0.1) is 27.9 Å². The number of methoxy groups -OCH3 is 1. The molecule has 0 bridgehead atoms. The molecule has 31 heavy (non-hydrogen) atoms. The zero-order valence-electron chi connectivity index (χ0n) is 16.1. The van der Waals surface area contributed by atoms with Gasteiger partial charge in [-0.2, -0.15) is 0 Å². The number of carbonyl (C=O) groups excluding carboxylic acids is 2. The van der Waals surface area contributed by atoms with Gasteiger partial charge >= 0.3 is 0 Å². The van der Waals surface area contributed by atoms with E-state index in [-0.39, 0.29) is 38.0 Å². The highest BCUT2D eigenvalue weighted by Crippen LogP contribution is 2.38. The first kappa shape index (κ1) is 23.1. The van der Waals surface area contributed by atoms with Crippen molar-refractivity contribution in [3.63, 3.8) is 0 Å². The Kier molecular flexibility index (Phi) is 7.23. The van der Waals surface area contributed by atoms with E-state index in [2.05, 4.69) is 11.9 Å². The lowest BCUT2D eigenvalue weighted by Crippen LogP contribution is -2.54. The molecule has 1 aliphatic heterocycles. The summed E-state index contributed by atoms with van der Waals surface area (Å²) in [6, 6.07) is 7.89. The van der Waals surface area contributed by atoms with Crippen LogP contribution in [0.25, 0.3) is 6.08 Å². The summed E-state index contributed by atoms with van der Waals surface area (Å²) in [7, 11) is 1.45. The Balaban J connectivity index is 2.05. The van der Waals surface area contributed by atoms with Gasteiger partial charge in [0.15, 0.2) is 16.6 Å². The number of rotatable bonds is 6. The maximum Gasteiger partial charge on any atom is 0.270 e. The highest BCUT2D eigenvalue weighted by molar-refractivity contribution is 7.80. The van der Waals surface area contributed by atoms with E-state index < -0.39 is 11.8 Å². The third kappa shape index (κ3) is 4.70. The predicted molar refractivity (Wildman–Crippen MR) is 126 cm³/mol. The van der Waals surface area contributed by atoms with E-state index in [4.69, 9.17) is 56.5 Å². The number of hydrogen-bond donors (Lipinski definition) is 1. The number of thiocarbonyl (C=S) groups is 1. The van der Waals surface area contributed by atoms with Gasteiger partial charge in [0.25, 0.3) is 11.8 Å². The van der Waals surface area contributed by atoms with Crippen molar-refractivity contribution in [1.29, 1.82) is 0 Å². The van der Waals surface area contributed by atoms with Crippen molar-refractivity contribution in [2.45, 2.75) is 0 Å². The van der Waals surface area contributed by atoms with Crippen molar-refractivity contribution >= 4 is 75.7 Å². The molecule has 1 fully saturated rings. The Morgan fingerprint density at radius 3 is 2.61 bits per heavy atom. The molecular weight excluding hydrogens is 483 g/mol. The SMILES string of the molecule is C=CCOc1c(Cl)cc(/C=C2/C(=O)NC(=S)N(c3cccc(Cl)c3Cl)C2=O)cc1OC. The quantitative estimate of drug-likeness (QED) is 0.262. The molecule has 0 spiro atoms.